The van der Waals surface area contributed by atoms with E-state index < -0.39 is 11.0 Å². The number of phenolic OH excluding ortho intramolecular Hbond substituents is 1. The predicted molar refractivity (Wildman–Crippen MR) is 179 cm³/mol. The lowest BCUT2D eigenvalue weighted by Crippen LogP contribution is -2.67. The van der Waals surface area contributed by atoms with Crippen molar-refractivity contribution in [3.05, 3.63) is 70.0 Å². The highest BCUT2D eigenvalue weighted by molar-refractivity contribution is 7.14. The molecule has 7 aliphatic rings. The Kier molecular flexibility index (Phi) is 6.67. The minimum absolute atomic E-state index is 0.0164. The molecule has 0 radical (unpaired) electrons. The average molecular weight is 629 g/mol. The zero-order chi connectivity index (χ0) is 31.4. The molecule has 6 aliphatic carbocycles. The molecule has 2 bridgehead atoms. The minimum Gasteiger partial charge on any atom is -0.506 e. The molecular weight excluding hydrogens is 580 g/mol. The van der Waals surface area contributed by atoms with Gasteiger partial charge in [-0.2, -0.15) is 0 Å². The number of nitrogens with zero attached hydrogens (tertiary/aromatic N) is 2. The standard InChI is InChI=1S/C38H48N2O4S/c1-25-8-9-30(45-25)33(43)27-23-36-16-17-38(27)31(34(36,2)13-10-26(41)22-36)11-14-35(3)32(38)12-15-37(35,44)24-39-18-20-40(21-19-39)28-6-4-5-7-29(28)42/h4-9,16-17,23,26,31-32,41-42,44H,10-15,18-22,24H2,1-3H3/t26?,31-,32-,34-,35+,36+,37-,38-/m1/s1. The largest absolute Gasteiger partial charge is 0.506 e. The second-order valence-corrected chi connectivity index (χ2v) is 17.1. The Morgan fingerprint density at radius 1 is 0.933 bits per heavy atom. The molecule has 4 fully saturated rings. The molecule has 6 nitrogen and oxygen atoms in total. The molecule has 7 heteroatoms. The Morgan fingerprint density at radius 3 is 2.38 bits per heavy atom. The van der Waals surface area contributed by atoms with Gasteiger partial charge in [-0.25, -0.2) is 0 Å². The van der Waals surface area contributed by atoms with Crippen molar-refractivity contribution < 1.29 is 20.1 Å². The highest BCUT2D eigenvalue weighted by Crippen LogP contribution is 2.78. The summed E-state index contributed by atoms with van der Waals surface area (Å²) in [6, 6.07) is 11.6. The summed E-state index contributed by atoms with van der Waals surface area (Å²) in [6.45, 7) is 10.8. The zero-order valence-electron chi connectivity index (χ0n) is 27.0. The van der Waals surface area contributed by atoms with Crippen LogP contribution in [0.3, 0.4) is 0 Å². The van der Waals surface area contributed by atoms with Crippen molar-refractivity contribution in [1.29, 1.82) is 0 Å². The number of carbonyl (C=O) groups excluding carboxylic acids is 1. The van der Waals surface area contributed by atoms with Crippen molar-refractivity contribution in [3.8, 4) is 5.75 Å². The summed E-state index contributed by atoms with van der Waals surface area (Å²) >= 11 is 1.59. The highest BCUT2D eigenvalue weighted by Gasteiger charge is 2.74. The van der Waals surface area contributed by atoms with E-state index in [2.05, 4.69) is 54.9 Å². The molecule has 3 N–H and O–H groups in total. The number of aryl methyl sites for hydroxylation is 1. The second-order valence-electron chi connectivity index (χ2n) is 15.8. The van der Waals surface area contributed by atoms with E-state index in [1.54, 1.807) is 17.4 Å². The second kappa shape index (κ2) is 10.0. The first-order valence-corrected chi connectivity index (χ1v) is 18.0. The van der Waals surface area contributed by atoms with Gasteiger partial charge in [0.2, 0.25) is 0 Å². The number of hydrogen-bond donors (Lipinski definition) is 3. The molecule has 45 heavy (non-hydrogen) atoms. The summed E-state index contributed by atoms with van der Waals surface area (Å²) in [5.74, 6) is 0.964. The van der Waals surface area contributed by atoms with Crippen LogP contribution >= 0.6 is 11.3 Å². The Bertz CT molecular complexity index is 1590. The molecule has 1 aliphatic heterocycles. The number of fused-ring (bicyclic) bond motifs is 1. The molecule has 240 valence electrons. The third kappa shape index (κ3) is 3.99. The monoisotopic (exact) mass is 628 g/mol. The number of allylic oxidation sites excluding steroid dienone is 4. The van der Waals surface area contributed by atoms with E-state index >= 15 is 0 Å². The molecule has 1 aromatic carbocycles. The van der Waals surface area contributed by atoms with Gasteiger partial charge in [0.15, 0.2) is 5.78 Å². The molecule has 8 atom stereocenters. The number of benzene rings is 1. The number of β-amino-alcohol motifs (C(OH)–C–C–N with tert-alkyl or cyclic N) is 1. The molecule has 0 amide bonds. The fraction of sp³-hybridized carbons (Fsp3) is 0.605. The predicted octanol–water partition coefficient (Wildman–Crippen LogP) is 6.36. The van der Waals surface area contributed by atoms with Crippen LogP contribution in [0.25, 0.3) is 0 Å². The van der Waals surface area contributed by atoms with E-state index in [1.807, 2.05) is 24.3 Å². The first kappa shape index (κ1) is 29.9. The number of piperazine rings is 1. The number of carbonyl (C=O) groups is 1. The smallest absolute Gasteiger partial charge is 0.199 e. The summed E-state index contributed by atoms with van der Waals surface area (Å²) in [7, 11) is 0. The first-order chi connectivity index (χ1) is 21.4. The third-order valence-corrected chi connectivity index (χ3v) is 15.0. The fourth-order valence-corrected chi connectivity index (χ4v) is 12.4. The minimum atomic E-state index is -0.842. The topological polar surface area (TPSA) is 84.2 Å². The number of phenols is 1. The first-order valence-electron chi connectivity index (χ1n) is 17.2. The summed E-state index contributed by atoms with van der Waals surface area (Å²) in [6.07, 6.45) is 12.9. The van der Waals surface area contributed by atoms with E-state index in [0.29, 0.717) is 24.6 Å². The van der Waals surface area contributed by atoms with Crippen LogP contribution in [0.2, 0.25) is 0 Å². The lowest BCUT2D eigenvalue weighted by atomic mass is 9.32. The van der Waals surface area contributed by atoms with Crippen LogP contribution in [0.1, 0.15) is 73.3 Å². The van der Waals surface area contributed by atoms with Gasteiger partial charge >= 0.3 is 0 Å². The molecule has 2 aromatic rings. The van der Waals surface area contributed by atoms with E-state index in [-0.39, 0.29) is 34.1 Å². The number of thiophene rings is 1. The van der Waals surface area contributed by atoms with Crippen molar-refractivity contribution in [2.75, 3.05) is 37.6 Å². The number of rotatable bonds is 5. The van der Waals surface area contributed by atoms with Gasteiger partial charge in [0.25, 0.3) is 0 Å². The molecule has 1 aromatic heterocycles. The summed E-state index contributed by atoms with van der Waals surface area (Å²) < 4.78 is 0. The van der Waals surface area contributed by atoms with Gasteiger partial charge in [0.1, 0.15) is 5.75 Å². The Morgan fingerprint density at radius 2 is 1.64 bits per heavy atom. The van der Waals surface area contributed by atoms with Crippen molar-refractivity contribution >= 4 is 22.8 Å². The van der Waals surface area contributed by atoms with E-state index in [9.17, 15) is 20.1 Å². The molecular formula is C38H48N2O4S. The van der Waals surface area contributed by atoms with Crippen LogP contribution in [0.5, 0.6) is 5.75 Å². The number of para-hydroxylation sites is 2. The van der Waals surface area contributed by atoms with Crippen molar-refractivity contribution in [1.82, 2.24) is 4.90 Å². The van der Waals surface area contributed by atoms with Gasteiger partial charge in [0.05, 0.1) is 22.3 Å². The van der Waals surface area contributed by atoms with E-state index in [4.69, 9.17) is 0 Å². The number of hydrogen-bond acceptors (Lipinski definition) is 7. The molecule has 1 saturated heterocycles. The zero-order valence-corrected chi connectivity index (χ0v) is 27.8. The van der Waals surface area contributed by atoms with Crippen LogP contribution in [0.15, 0.2) is 60.2 Å². The van der Waals surface area contributed by atoms with Crippen molar-refractivity contribution in [2.45, 2.75) is 77.4 Å². The molecule has 3 saturated carbocycles. The molecule has 2 heterocycles. The maximum atomic E-state index is 14.6. The lowest BCUT2D eigenvalue weighted by molar-refractivity contribution is -0.176. The number of aliphatic hydroxyl groups excluding tert-OH is 1. The van der Waals surface area contributed by atoms with Crippen LogP contribution < -0.4 is 4.90 Å². The Hall–Kier alpha value is -2.45. The van der Waals surface area contributed by atoms with E-state index in [1.165, 1.54) is 0 Å². The number of aliphatic hydroxyl groups is 2. The van der Waals surface area contributed by atoms with Crippen LogP contribution in [0, 0.1) is 40.4 Å². The quantitative estimate of drug-likeness (QED) is 0.264. The van der Waals surface area contributed by atoms with Gasteiger partial charge in [-0.1, -0.05) is 44.2 Å². The van der Waals surface area contributed by atoms with Gasteiger partial charge in [-0.15, -0.1) is 11.3 Å². The fourth-order valence-electron chi connectivity index (χ4n) is 11.5. The van der Waals surface area contributed by atoms with Crippen LogP contribution in [-0.4, -0.2) is 70.4 Å². The number of ketones is 1. The van der Waals surface area contributed by atoms with Crippen molar-refractivity contribution in [3.63, 3.8) is 0 Å². The maximum Gasteiger partial charge on any atom is 0.199 e. The summed E-state index contributed by atoms with van der Waals surface area (Å²) in [5, 5.41) is 34.1. The SMILES string of the molecule is Cc1ccc(C(=O)C2=C[C@@]34C=C[C@@]25[C@@H]2CC[C@@](O)(CN6CCN(c7ccccc7O)CC6)[C@@]2(C)CC[C@@H]5[C@@]3(C)CCC(O)C4)s1. The highest BCUT2D eigenvalue weighted by atomic mass is 32.1. The summed E-state index contributed by atoms with van der Waals surface area (Å²) in [5.41, 5.74) is -0.0657. The van der Waals surface area contributed by atoms with Gasteiger partial charge < -0.3 is 20.2 Å². The molecule has 2 spiro atoms. The van der Waals surface area contributed by atoms with E-state index in [0.717, 1.165) is 85.7 Å². The molecule has 9 rings (SSSR count). The Balaban J connectivity index is 1.13. The number of Topliss-reactive ketones (excluding diaryl/α,β-unsaturated/α-hetero) is 1. The summed E-state index contributed by atoms with van der Waals surface area (Å²) in [4.78, 5) is 21.2. The van der Waals surface area contributed by atoms with Gasteiger partial charge in [-0.3, -0.25) is 9.69 Å². The number of aromatic hydroxyl groups is 1. The van der Waals surface area contributed by atoms with Gasteiger partial charge in [0, 0.05) is 59.4 Å². The van der Waals surface area contributed by atoms with Crippen LogP contribution in [-0.2, 0) is 0 Å². The maximum absolute atomic E-state index is 14.6. The lowest BCUT2D eigenvalue weighted by Gasteiger charge is -2.71. The van der Waals surface area contributed by atoms with Gasteiger partial charge in [-0.05, 0) is 93.4 Å². The molecule has 1 unspecified atom stereocenters. The average Bonchev–Trinajstić information content (AvgIpc) is 3.57. The number of anilines is 1. The Labute approximate surface area is 271 Å². The third-order valence-electron chi connectivity index (χ3n) is 14.0. The normalized spacial score (nSPS) is 42.2. The van der Waals surface area contributed by atoms with Crippen molar-refractivity contribution in [2.24, 2.45) is 33.5 Å². The van der Waals surface area contributed by atoms with Crippen LogP contribution in [0.4, 0.5) is 5.69 Å².